The number of aromatic nitrogens is 1. The van der Waals surface area contributed by atoms with Crippen molar-refractivity contribution in [1.82, 2.24) is 4.98 Å². The van der Waals surface area contributed by atoms with E-state index in [-0.39, 0.29) is 0 Å². The van der Waals surface area contributed by atoms with Crippen LogP contribution in [0.15, 0.2) is 35.4 Å². The van der Waals surface area contributed by atoms with Gasteiger partial charge in [-0.2, -0.15) is 0 Å². The minimum Gasteiger partial charge on any atom is -0.480 e. The second kappa shape index (κ2) is 4.59. The Bertz CT molecular complexity index is 476. The molecule has 0 aliphatic heterocycles. The lowest BCUT2D eigenvalue weighted by Crippen LogP contribution is -2.32. The predicted octanol–water partition coefficient (Wildman–Crippen LogP) is 1.67. The number of aliphatic carboxylic acids is 1. The number of para-hydroxylation sites is 1. The quantitative estimate of drug-likeness (QED) is 0.705. The van der Waals surface area contributed by atoms with Crippen LogP contribution in [0.1, 0.15) is 0 Å². The molecule has 0 spiro atoms. The molecule has 0 saturated carbocycles. The summed E-state index contributed by atoms with van der Waals surface area (Å²) in [4.78, 5) is 13.7. The van der Waals surface area contributed by atoms with Gasteiger partial charge in [0.05, 0.1) is 5.03 Å². The fraction of sp³-hybridized carbons (Fsp3) is 0.182. The van der Waals surface area contributed by atoms with E-state index in [2.05, 4.69) is 4.98 Å². The van der Waals surface area contributed by atoms with Gasteiger partial charge in [-0.05, 0) is 12.1 Å². The number of hydrogen-bond acceptors (Lipinski definition) is 3. The first-order valence-corrected chi connectivity index (χ1v) is 5.84. The third-order valence-corrected chi connectivity index (χ3v) is 3.30. The normalized spacial score (nSPS) is 12.8. The summed E-state index contributed by atoms with van der Waals surface area (Å²) in [7, 11) is 0. The summed E-state index contributed by atoms with van der Waals surface area (Å²) in [6.07, 6.45) is 0. The van der Waals surface area contributed by atoms with Crippen molar-refractivity contribution >= 4 is 28.6 Å². The monoisotopic (exact) mass is 236 g/mol. The smallest absolute Gasteiger partial charge is 0.321 e. The van der Waals surface area contributed by atoms with Gasteiger partial charge in [0.15, 0.2) is 0 Å². The molecule has 0 amide bonds. The van der Waals surface area contributed by atoms with Gasteiger partial charge >= 0.3 is 5.97 Å². The van der Waals surface area contributed by atoms with Gasteiger partial charge < -0.3 is 15.8 Å². The Morgan fingerprint density at radius 2 is 2.25 bits per heavy atom. The van der Waals surface area contributed by atoms with Gasteiger partial charge in [0, 0.05) is 16.7 Å². The summed E-state index contributed by atoms with van der Waals surface area (Å²) >= 11 is 1.42. The van der Waals surface area contributed by atoms with Gasteiger partial charge in [-0.3, -0.25) is 4.79 Å². The molecule has 0 aliphatic carbocycles. The predicted molar refractivity (Wildman–Crippen MR) is 64.6 cm³/mol. The molecular weight excluding hydrogens is 224 g/mol. The molecule has 4 N–H and O–H groups in total. The van der Waals surface area contributed by atoms with Crippen molar-refractivity contribution in [3.63, 3.8) is 0 Å². The van der Waals surface area contributed by atoms with Crippen molar-refractivity contribution < 1.29 is 9.90 Å². The topological polar surface area (TPSA) is 79.1 Å². The summed E-state index contributed by atoms with van der Waals surface area (Å²) in [5.74, 6) is -0.606. The Kier molecular flexibility index (Phi) is 3.17. The molecule has 0 bridgehead atoms. The minimum atomic E-state index is -0.969. The maximum atomic E-state index is 10.5. The molecule has 0 fully saturated rings. The zero-order valence-electron chi connectivity index (χ0n) is 8.51. The van der Waals surface area contributed by atoms with Gasteiger partial charge in [-0.15, -0.1) is 11.8 Å². The average molecular weight is 236 g/mol. The number of H-pyrrole nitrogens is 1. The van der Waals surface area contributed by atoms with Gasteiger partial charge in [-0.1, -0.05) is 18.2 Å². The van der Waals surface area contributed by atoms with E-state index in [0.29, 0.717) is 5.75 Å². The van der Waals surface area contributed by atoms with Crippen LogP contribution < -0.4 is 5.73 Å². The second-order valence-corrected chi connectivity index (χ2v) is 4.54. The maximum Gasteiger partial charge on any atom is 0.321 e. The lowest BCUT2D eigenvalue weighted by Gasteiger charge is -2.03. The highest BCUT2D eigenvalue weighted by Crippen LogP contribution is 2.23. The Labute approximate surface area is 96.8 Å². The van der Waals surface area contributed by atoms with Crippen LogP contribution >= 0.6 is 11.8 Å². The summed E-state index contributed by atoms with van der Waals surface area (Å²) in [5.41, 5.74) is 6.47. The van der Waals surface area contributed by atoms with E-state index in [4.69, 9.17) is 10.8 Å². The first kappa shape index (κ1) is 11.0. The van der Waals surface area contributed by atoms with Crippen LogP contribution in [0.2, 0.25) is 0 Å². The second-order valence-electron chi connectivity index (χ2n) is 3.48. The SMILES string of the molecule is NC(CSc1cc2ccccc2[nH]1)C(=O)O. The Balaban J connectivity index is 2.07. The lowest BCUT2D eigenvalue weighted by atomic mass is 10.3. The van der Waals surface area contributed by atoms with Gasteiger partial charge in [0.2, 0.25) is 0 Å². The molecule has 1 heterocycles. The number of carboxylic acids is 1. The summed E-state index contributed by atoms with van der Waals surface area (Å²) in [6, 6.07) is 9.08. The van der Waals surface area contributed by atoms with Crippen molar-refractivity contribution in [2.75, 3.05) is 5.75 Å². The number of thioether (sulfide) groups is 1. The standard InChI is InChI=1S/C11H12N2O2S/c12-8(11(14)15)6-16-10-5-7-3-1-2-4-9(7)13-10/h1-5,8,13H,6,12H2,(H,14,15). The fourth-order valence-electron chi connectivity index (χ4n) is 1.38. The molecule has 4 nitrogen and oxygen atoms in total. The van der Waals surface area contributed by atoms with Crippen LogP contribution in [-0.4, -0.2) is 27.9 Å². The number of nitrogens with two attached hydrogens (primary N) is 1. The number of carboxylic acid groups (broad SMARTS) is 1. The molecule has 16 heavy (non-hydrogen) atoms. The number of nitrogens with one attached hydrogen (secondary N) is 1. The van der Waals surface area contributed by atoms with Crippen molar-refractivity contribution in [3.05, 3.63) is 30.3 Å². The molecule has 84 valence electrons. The van der Waals surface area contributed by atoms with Gasteiger partial charge in [-0.25, -0.2) is 0 Å². The van der Waals surface area contributed by atoms with Gasteiger partial charge in [0.25, 0.3) is 0 Å². The summed E-state index contributed by atoms with van der Waals surface area (Å²) < 4.78 is 0. The Morgan fingerprint density at radius 3 is 2.94 bits per heavy atom. The molecule has 0 saturated heterocycles. The van der Waals surface area contributed by atoms with Crippen molar-refractivity contribution in [3.8, 4) is 0 Å². The molecule has 2 rings (SSSR count). The third-order valence-electron chi connectivity index (χ3n) is 2.24. The highest BCUT2D eigenvalue weighted by atomic mass is 32.2. The van der Waals surface area contributed by atoms with E-state index < -0.39 is 12.0 Å². The fourth-order valence-corrected chi connectivity index (χ4v) is 2.27. The lowest BCUT2D eigenvalue weighted by molar-refractivity contribution is -0.137. The van der Waals surface area contributed by atoms with Crippen LogP contribution in [0.4, 0.5) is 0 Å². The first-order valence-electron chi connectivity index (χ1n) is 4.86. The van der Waals surface area contributed by atoms with E-state index in [1.54, 1.807) is 0 Å². The maximum absolute atomic E-state index is 10.5. The molecular formula is C11H12N2O2S. The van der Waals surface area contributed by atoms with Crippen LogP contribution in [-0.2, 0) is 4.79 Å². The number of carbonyl (C=O) groups is 1. The molecule has 1 aromatic carbocycles. The van der Waals surface area contributed by atoms with Crippen LogP contribution in [0, 0.1) is 0 Å². The van der Waals surface area contributed by atoms with Gasteiger partial charge in [0.1, 0.15) is 6.04 Å². The number of aromatic amines is 1. The number of fused-ring (bicyclic) bond motifs is 1. The van der Waals surface area contributed by atoms with Crippen molar-refractivity contribution in [1.29, 1.82) is 0 Å². The largest absolute Gasteiger partial charge is 0.480 e. The minimum absolute atomic E-state index is 0.363. The highest BCUT2D eigenvalue weighted by molar-refractivity contribution is 7.99. The molecule has 1 unspecified atom stereocenters. The Hall–Kier alpha value is -1.46. The third kappa shape index (κ3) is 2.37. The average Bonchev–Trinajstić information content (AvgIpc) is 2.68. The molecule has 1 atom stereocenters. The molecule has 0 aliphatic rings. The zero-order chi connectivity index (χ0) is 11.5. The highest BCUT2D eigenvalue weighted by Gasteiger charge is 2.12. The Morgan fingerprint density at radius 1 is 1.50 bits per heavy atom. The molecule has 2 aromatic rings. The number of hydrogen-bond donors (Lipinski definition) is 3. The number of rotatable bonds is 4. The zero-order valence-corrected chi connectivity index (χ0v) is 9.33. The number of benzene rings is 1. The van der Waals surface area contributed by atoms with Crippen LogP contribution in [0.3, 0.4) is 0 Å². The first-order chi connectivity index (χ1) is 7.66. The van der Waals surface area contributed by atoms with E-state index in [9.17, 15) is 4.79 Å². The molecule has 5 heteroatoms. The van der Waals surface area contributed by atoms with E-state index >= 15 is 0 Å². The van der Waals surface area contributed by atoms with Crippen molar-refractivity contribution in [2.45, 2.75) is 11.1 Å². The van der Waals surface area contributed by atoms with Crippen molar-refractivity contribution in [2.24, 2.45) is 5.73 Å². The van der Waals surface area contributed by atoms with E-state index in [0.717, 1.165) is 15.9 Å². The summed E-state index contributed by atoms with van der Waals surface area (Å²) in [6.45, 7) is 0. The summed E-state index contributed by atoms with van der Waals surface area (Å²) in [5, 5.41) is 10.7. The van der Waals surface area contributed by atoms with Crippen LogP contribution in [0.5, 0.6) is 0 Å². The molecule has 1 aromatic heterocycles. The van der Waals surface area contributed by atoms with Crippen LogP contribution in [0.25, 0.3) is 10.9 Å². The molecule has 0 radical (unpaired) electrons. The van der Waals surface area contributed by atoms with E-state index in [1.165, 1.54) is 11.8 Å². The van der Waals surface area contributed by atoms with E-state index in [1.807, 2.05) is 30.3 Å².